The number of carbonyl (C=O) groups excluding carboxylic acids is 1. The molecule has 8 nitrogen and oxygen atoms in total. The molecule has 1 aromatic carbocycles. The van der Waals surface area contributed by atoms with Crippen molar-refractivity contribution in [3.63, 3.8) is 0 Å². The van der Waals surface area contributed by atoms with Crippen LogP contribution < -0.4 is 4.90 Å². The molecule has 0 radical (unpaired) electrons. The second kappa shape index (κ2) is 8.61. The Balaban J connectivity index is 1.58. The molecule has 0 saturated carbocycles. The van der Waals surface area contributed by atoms with E-state index in [9.17, 15) is 36.5 Å². The first-order valence-corrected chi connectivity index (χ1v) is 12.0. The minimum Gasteiger partial charge on any atom is -0.362 e. The Kier molecular flexibility index (Phi) is 6.51. The maximum atomic E-state index is 12.9. The number of thioether (sulfide) groups is 1. The molecule has 0 N–H and O–H groups in total. The lowest BCUT2D eigenvalue weighted by atomic mass is 10.1. The van der Waals surface area contributed by atoms with Crippen molar-refractivity contribution < 1.29 is 31.3 Å². The van der Waals surface area contributed by atoms with E-state index in [4.69, 9.17) is 0 Å². The van der Waals surface area contributed by atoms with Crippen LogP contribution in [0.25, 0.3) is 0 Å². The van der Waals surface area contributed by atoms with E-state index in [0.717, 1.165) is 12.1 Å². The topological polar surface area (TPSA) is 101 Å². The monoisotopic (exact) mass is 467 g/mol. The lowest BCUT2D eigenvalue weighted by Gasteiger charge is -2.36. The van der Waals surface area contributed by atoms with Gasteiger partial charge in [0, 0.05) is 37.5 Å². The molecule has 0 aromatic heterocycles. The molecule has 0 spiro atoms. The molecule has 2 aliphatic rings. The van der Waals surface area contributed by atoms with Crippen molar-refractivity contribution in [3.8, 4) is 0 Å². The summed E-state index contributed by atoms with van der Waals surface area (Å²) >= 11 is 1.32. The molecule has 166 valence electrons. The van der Waals surface area contributed by atoms with E-state index in [-0.39, 0.29) is 60.3 Å². The smallest absolute Gasteiger partial charge is 0.362 e. The molecule has 1 atom stereocenters. The number of piperazine rings is 1. The number of anilines is 1. The summed E-state index contributed by atoms with van der Waals surface area (Å²) in [4.78, 5) is 26.0. The maximum absolute atomic E-state index is 12.9. The zero-order chi connectivity index (χ0) is 22.1. The number of hydrogen-bond acceptors (Lipinski definition) is 7. The summed E-state index contributed by atoms with van der Waals surface area (Å²) < 4.78 is 61.5. The number of benzene rings is 1. The number of nitrogens with zero attached hydrogens (tertiary/aromatic N) is 3. The summed E-state index contributed by atoms with van der Waals surface area (Å²) in [6.45, 7) is 1.06. The van der Waals surface area contributed by atoms with Crippen LogP contribution in [0, 0.1) is 10.1 Å². The van der Waals surface area contributed by atoms with Gasteiger partial charge in [0.25, 0.3) is 5.69 Å². The predicted octanol–water partition coefficient (Wildman–Crippen LogP) is 2.18. The van der Waals surface area contributed by atoms with Crippen molar-refractivity contribution >= 4 is 38.9 Å². The Morgan fingerprint density at radius 1 is 1.23 bits per heavy atom. The molecule has 2 aliphatic heterocycles. The first-order valence-electron chi connectivity index (χ1n) is 9.17. The molecule has 2 heterocycles. The SMILES string of the molecule is O=C(CSC1CCS(=O)(=O)C1)N1CCN(c2ccc(C(F)(F)F)cc2[N+](=O)[O-])CC1. The summed E-state index contributed by atoms with van der Waals surface area (Å²) in [5.41, 5.74) is -1.62. The van der Waals surface area contributed by atoms with Crippen molar-refractivity contribution in [1.29, 1.82) is 0 Å². The fourth-order valence-corrected chi connectivity index (χ4v) is 7.03. The summed E-state index contributed by atoms with van der Waals surface area (Å²) in [6, 6.07) is 2.43. The van der Waals surface area contributed by atoms with Gasteiger partial charge in [-0.2, -0.15) is 13.2 Å². The van der Waals surface area contributed by atoms with Crippen LogP contribution in [-0.2, 0) is 20.8 Å². The molecule has 2 fully saturated rings. The molecule has 30 heavy (non-hydrogen) atoms. The fourth-order valence-electron chi connectivity index (χ4n) is 3.48. The minimum atomic E-state index is -4.68. The Morgan fingerprint density at radius 3 is 2.43 bits per heavy atom. The van der Waals surface area contributed by atoms with Crippen molar-refractivity contribution in [2.24, 2.45) is 0 Å². The standard InChI is InChI=1S/C17H20F3N3O5S2/c18-17(19,20)12-1-2-14(15(9-12)23(25)26)21-4-6-22(7-5-21)16(24)10-29-13-3-8-30(27,28)11-13/h1-2,9,13H,3-8,10-11H2. The van der Waals surface area contributed by atoms with Gasteiger partial charge in [-0.25, -0.2) is 8.42 Å². The summed E-state index contributed by atoms with van der Waals surface area (Å²) in [5.74, 6) is 0.228. The molecule has 1 aromatic rings. The van der Waals surface area contributed by atoms with Crippen LogP contribution in [0.5, 0.6) is 0 Å². The molecule has 0 bridgehead atoms. The molecule has 1 amide bonds. The van der Waals surface area contributed by atoms with Gasteiger partial charge in [-0.1, -0.05) is 0 Å². The van der Waals surface area contributed by atoms with Crippen LogP contribution in [0.2, 0.25) is 0 Å². The second-order valence-corrected chi connectivity index (χ2v) is 10.7. The molecular weight excluding hydrogens is 447 g/mol. The number of nitro benzene ring substituents is 1. The molecule has 13 heteroatoms. The van der Waals surface area contributed by atoms with Gasteiger partial charge in [0.05, 0.1) is 27.7 Å². The Morgan fingerprint density at radius 2 is 1.90 bits per heavy atom. The van der Waals surface area contributed by atoms with Gasteiger partial charge in [-0.3, -0.25) is 14.9 Å². The van der Waals surface area contributed by atoms with Crippen LogP contribution in [0.15, 0.2) is 18.2 Å². The van der Waals surface area contributed by atoms with Gasteiger partial charge in [0.1, 0.15) is 5.69 Å². The number of amides is 1. The Labute approximate surface area is 175 Å². The van der Waals surface area contributed by atoms with Crippen LogP contribution in [0.4, 0.5) is 24.5 Å². The Bertz CT molecular complexity index is 931. The van der Waals surface area contributed by atoms with Gasteiger partial charge in [0.15, 0.2) is 9.84 Å². The van der Waals surface area contributed by atoms with Crippen molar-refractivity contribution in [2.45, 2.75) is 17.8 Å². The molecule has 2 saturated heterocycles. The number of hydrogen-bond donors (Lipinski definition) is 0. The first kappa shape index (κ1) is 22.7. The third-order valence-corrected chi connectivity index (χ3v) is 8.37. The average molecular weight is 467 g/mol. The molecule has 3 rings (SSSR count). The highest BCUT2D eigenvalue weighted by Gasteiger charge is 2.35. The van der Waals surface area contributed by atoms with Crippen LogP contribution in [-0.4, -0.2) is 72.8 Å². The van der Waals surface area contributed by atoms with Crippen LogP contribution in [0.3, 0.4) is 0 Å². The van der Waals surface area contributed by atoms with E-state index < -0.39 is 32.2 Å². The number of halogens is 3. The van der Waals surface area contributed by atoms with Crippen molar-refractivity contribution in [1.82, 2.24) is 4.90 Å². The number of sulfone groups is 1. The average Bonchev–Trinajstić information content (AvgIpc) is 3.03. The van der Waals surface area contributed by atoms with E-state index in [1.165, 1.54) is 11.8 Å². The molecule has 1 unspecified atom stereocenters. The van der Waals surface area contributed by atoms with E-state index in [1.54, 1.807) is 9.80 Å². The summed E-state index contributed by atoms with van der Waals surface area (Å²) in [7, 11) is -3.01. The number of rotatable bonds is 5. The molecule has 0 aliphatic carbocycles. The largest absolute Gasteiger partial charge is 0.416 e. The lowest BCUT2D eigenvalue weighted by molar-refractivity contribution is -0.384. The highest BCUT2D eigenvalue weighted by atomic mass is 32.2. The third-order valence-electron chi connectivity index (χ3n) is 5.11. The third kappa shape index (κ3) is 5.36. The van der Waals surface area contributed by atoms with Crippen LogP contribution >= 0.6 is 11.8 Å². The lowest BCUT2D eigenvalue weighted by Crippen LogP contribution is -2.49. The summed E-state index contributed by atoms with van der Waals surface area (Å²) in [5, 5.41) is 11.2. The first-order chi connectivity index (χ1) is 14.0. The zero-order valence-electron chi connectivity index (χ0n) is 15.8. The molecular formula is C17H20F3N3O5S2. The van der Waals surface area contributed by atoms with E-state index >= 15 is 0 Å². The number of nitro groups is 1. The van der Waals surface area contributed by atoms with Crippen LogP contribution in [0.1, 0.15) is 12.0 Å². The predicted molar refractivity (Wildman–Crippen MR) is 106 cm³/mol. The quantitative estimate of drug-likeness (QED) is 0.483. The van der Waals surface area contributed by atoms with E-state index in [1.807, 2.05) is 0 Å². The maximum Gasteiger partial charge on any atom is 0.416 e. The van der Waals surface area contributed by atoms with Gasteiger partial charge < -0.3 is 9.80 Å². The second-order valence-electron chi connectivity index (χ2n) is 7.16. The van der Waals surface area contributed by atoms with Crippen molar-refractivity contribution in [2.75, 3.05) is 48.3 Å². The highest BCUT2D eigenvalue weighted by Crippen LogP contribution is 2.36. The van der Waals surface area contributed by atoms with E-state index in [2.05, 4.69) is 0 Å². The van der Waals surface area contributed by atoms with Crippen molar-refractivity contribution in [3.05, 3.63) is 33.9 Å². The van der Waals surface area contributed by atoms with Gasteiger partial charge >= 0.3 is 6.18 Å². The van der Waals surface area contributed by atoms with Gasteiger partial charge in [-0.15, -0.1) is 11.8 Å². The number of carbonyl (C=O) groups is 1. The normalized spacial score (nSPS) is 21.6. The summed E-state index contributed by atoms with van der Waals surface area (Å²) in [6.07, 6.45) is -4.14. The van der Waals surface area contributed by atoms with E-state index in [0.29, 0.717) is 12.5 Å². The Hall–Kier alpha value is -2.02. The van der Waals surface area contributed by atoms with Gasteiger partial charge in [-0.05, 0) is 18.6 Å². The minimum absolute atomic E-state index is 0.0797. The fraction of sp³-hybridized carbons (Fsp3) is 0.588. The number of alkyl halides is 3. The highest BCUT2D eigenvalue weighted by molar-refractivity contribution is 8.02. The van der Waals surface area contributed by atoms with Gasteiger partial charge in [0.2, 0.25) is 5.91 Å². The zero-order valence-corrected chi connectivity index (χ0v) is 17.4.